The van der Waals surface area contributed by atoms with Gasteiger partial charge in [0, 0.05) is 18.6 Å². The fraction of sp³-hybridized carbons (Fsp3) is 0.273. The Morgan fingerprint density at radius 1 is 0.900 bits per heavy atom. The molecular formula is C22H24F2N4O2. The van der Waals surface area contributed by atoms with Gasteiger partial charge >= 0.3 is 6.01 Å². The number of carbonyl (C=O) groups is 1. The van der Waals surface area contributed by atoms with Gasteiger partial charge in [0.25, 0.3) is 0 Å². The van der Waals surface area contributed by atoms with Crippen LogP contribution in [-0.2, 0) is 4.79 Å². The van der Waals surface area contributed by atoms with Gasteiger partial charge in [-0.05, 0) is 67.5 Å². The molecule has 1 amide bonds. The molecule has 0 atom stereocenters. The Morgan fingerprint density at radius 3 is 2.03 bits per heavy atom. The molecule has 0 spiro atoms. The lowest BCUT2D eigenvalue weighted by atomic mass is 9.83. The molecule has 0 unspecified atom stereocenters. The fourth-order valence-electron chi connectivity index (χ4n) is 3.09. The van der Waals surface area contributed by atoms with E-state index in [4.69, 9.17) is 9.53 Å². The maximum Gasteiger partial charge on any atom is 0.316 e. The lowest BCUT2D eigenvalue weighted by Gasteiger charge is -2.28. The smallest absolute Gasteiger partial charge is 0.316 e. The van der Waals surface area contributed by atoms with E-state index in [-0.39, 0.29) is 24.1 Å². The average molecular weight is 414 g/mol. The largest absolute Gasteiger partial charge is 0.460 e. The summed E-state index contributed by atoms with van der Waals surface area (Å²) < 4.78 is 30.5. The summed E-state index contributed by atoms with van der Waals surface area (Å²) in [6.07, 6.45) is 10.6. The Labute approximate surface area is 174 Å². The van der Waals surface area contributed by atoms with E-state index < -0.39 is 0 Å². The number of carbonyl (C=O) groups excluding carboxylic acids is 1. The Hall–Kier alpha value is -3.42. The zero-order chi connectivity index (χ0) is 21.6. The molecular weight excluding hydrogens is 390 g/mol. The number of benzene rings is 1. The number of nitrogens with two attached hydrogens (primary N) is 1. The van der Waals surface area contributed by atoms with E-state index in [0.29, 0.717) is 11.9 Å². The molecule has 6 nitrogen and oxygen atoms in total. The molecule has 158 valence electrons. The number of hydrogen-bond acceptors (Lipinski definition) is 5. The summed E-state index contributed by atoms with van der Waals surface area (Å²) in [4.78, 5) is 20.3. The first-order valence-corrected chi connectivity index (χ1v) is 9.52. The second-order valence-electron chi connectivity index (χ2n) is 6.48. The van der Waals surface area contributed by atoms with Crippen molar-refractivity contribution < 1.29 is 18.3 Å². The third-order valence-electron chi connectivity index (χ3n) is 4.46. The maximum atomic E-state index is 12.9. The van der Waals surface area contributed by atoms with Crippen LogP contribution in [0.5, 0.6) is 6.01 Å². The Balaban J connectivity index is 0.000000266. The Morgan fingerprint density at radius 2 is 1.53 bits per heavy atom. The van der Waals surface area contributed by atoms with Gasteiger partial charge in [0.05, 0.1) is 6.20 Å². The molecule has 0 aliphatic heterocycles. The number of ether oxygens (including phenoxy) is 1. The lowest BCUT2D eigenvalue weighted by molar-refractivity contribution is -0.106. The van der Waals surface area contributed by atoms with Gasteiger partial charge in [-0.1, -0.05) is 12.1 Å². The van der Waals surface area contributed by atoms with Crippen molar-refractivity contribution in [3.63, 3.8) is 0 Å². The monoisotopic (exact) mass is 414 g/mol. The van der Waals surface area contributed by atoms with Crippen molar-refractivity contribution >= 4 is 6.41 Å². The minimum absolute atomic E-state index is 0.174. The summed E-state index contributed by atoms with van der Waals surface area (Å²) in [7, 11) is 0. The van der Waals surface area contributed by atoms with E-state index in [0.717, 1.165) is 25.7 Å². The maximum absolute atomic E-state index is 12.9. The summed E-state index contributed by atoms with van der Waals surface area (Å²) >= 11 is 0. The Bertz CT molecular complexity index is 844. The molecule has 4 rings (SSSR count). The predicted molar refractivity (Wildman–Crippen MR) is 109 cm³/mol. The third kappa shape index (κ3) is 8.30. The van der Waals surface area contributed by atoms with Crippen LogP contribution in [0.25, 0.3) is 0 Å². The van der Waals surface area contributed by atoms with Crippen molar-refractivity contribution in [3.05, 3.63) is 84.4 Å². The normalized spacial score (nSPS) is 17.4. The van der Waals surface area contributed by atoms with E-state index in [2.05, 4.69) is 20.7 Å². The number of amides is 1. The first kappa shape index (κ1) is 22.9. The van der Waals surface area contributed by atoms with Crippen LogP contribution in [-0.4, -0.2) is 27.5 Å². The van der Waals surface area contributed by atoms with Crippen molar-refractivity contribution in [1.29, 1.82) is 0 Å². The van der Waals surface area contributed by atoms with Gasteiger partial charge in [-0.25, -0.2) is 18.7 Å². The molecule has 0 radical (unpaired) electrons. The summed E-state index contributed by atoms with van der Waals surface area (Å²) in [5.74, 6) is 0.0432. The zero-order valence-electron chi connectivity index (χ0n) is 16.4. The van der Waals surface area contributed by atoms with Crippen molar-refractivity contribution in [2.75, 3.05) is 0 Å². The van der Waals surface area contributed by atoms with Crippen molar-refractivity contribution in [2.24, 2.45) is 5.73 Å². The molecule has 2 aromatic heterocycles. The highest BCUT2D eigenvalue weighted by molar-refractivity contribution is 5.42. The molecule has 0 bridgehead atoms. The molecule has 2 N–H and O–H groups in total. The van der Waals surface area contributed by atoms with Gasteiger partial charge in [0.2, 0.25) is 6.41 Å². The first-order chi connectivity index (χ1) is 14.6. The highest BCUT2D eigenvalue weighted by Gasteiger charge is 2.24. The van der Waals surface area contributed by atoms with Crippen LogP contribution in [0.15, 0.2) is 67.3 Å². The van der Waals surface area contributed by atoms with Crippen molar-refractivity contribution in [3.8, 4) is 6.01 Å². The molecule has 1 aromatic carbocycles. The highest BCUT2D eigenvalue weighted by atomic mass is 19.1. The van der Waals surface area contributed by atoms with Gasteiger partial charge in [-0.15, -0.1) is 0 Å². The quantitative estimate of drug-likeness (QED) is 0.653. The summed E-state index contributed by atoms with van der Waals surface area (Å²) in [6.45, 7) is 0. The molecule has 2 heterocycles. The van der Waals surface area contributed by atoms with E-state index in [1.807, 2.05) is 12.1 Å². The molecule has 1 saturated carbocycles. The minimum atomic E-state index is -0.289. The fourth-order valence-corrected chi connectivity index (χ4v) is 3.09. The zero-order valence-corrected chi connectivity index (χ0v) is 16.4. The second-order valence-corrected chi connectivity index (χ2v) is 6.48. The number of pyridine rings is 1. The number of nitrogens with zero attached hydrogens (tertiary/aromatic N) is 3. The summed E-state index contributed by atoms with van der Waals surface area (Å²) in [5, 5.41) is 0. The van der Waals surface area contributed by atoms with Crippen LogP contribution in [0, 0.1) is 11.6 Å². The lowest BCUT2D eigenvalue weighted by Crippen LogP contribution is -2.24. The predicted octanol–water partition coefficient (Wildman–Crippen LogP) is 4.04. The third-order valence-corrected chi connectivity index (χ3v) is 4.46. The molecule has 1 aliphatic rings. The van der Waals surface area contributed by atoms with Crippen LogP contribution >= 0.6 is 0 Å². The number of rotatable bonds is 3. The van der Waals surface area contributed by atoms with Crippen LogP contribution in [0.4, 0.5) is 8.78 Å². The molecule has 8 heteroatoms. The van der Waals surface area contributed by atoms with Crippen molar-refractivity contribution in [2.45, 2.75) is 37.7 Å². The van der Waals surface area contributed by atoms with Gasteiger partial charge in [-0.3, -0.25) is 9.78 Å². The van der Waals surface area contributed by atoms with Gasteiger partial charge < -0.3 is 10.5 Å². The van der Waals surface area contributed by atoms with Gasteiger partial charge in [0.15, 0.2) is 0 Å². The van der Waals surface area contributed by atoms with E-state index in [1.54, 1.807) is 24.5 Å². The number of aromatic nitrogens is 3. The van der Waals surface area contributed by atoms with E-state index in [9.17, 15) is 8.78 Å². The van der Waals surface area contributed by atoms with Gasteiger partial charge in [0.1, 0.15) is 17.7 Å². The number of primary amides is 1. The van der Waals surface area contributed by atoms with Crippen LogP contribution in [0.2, 0.25) is 0 Å². The Kier molecular flexibility index (Phi) is 9.85. The SMILES string of the molecule is Fc1ccc(C2CCC(Oc3ncccn3)CC2)cc1.Fc1cccnc1.NC=O. The van der Waals surface area contributed by atoms with Gasteiger partial charge in [-0.2, -0.15) is 0 Å². The molecule has 1 aliphatic carbocycles. The van der Waals surface area contributed by atoms with Crippen LogP contribution < -0.4 is 10.5 Å². The number of halogens is 2. The second kappa shape index (κ2) is 12.9. The van der Waals surface area contributed by atoms with Crippen LogP contribution in [0.1, 0.15) is 37.2 Å². The highest BCUT2D eigenvalue weighted by Crippen LogP contribution is 2.34. The molecule has 0 saturated heterocycles. The molecule has 1 fully saturated rings. The molecule has 30 heavy (non-hydrogen) atoms. The number of hydrogen-bond donors (Lipinski definition) is 1. The first-order valence-electron chi connectivity index (χ1n) is 9.52. The standard InChI is InChI=1S/C16H17FN2O.C5H4FN.CH3NO/c17-14-6-2-12(3-7-14)13-4-8-15(9-5-13)20-16-18-10-1-11-19-16;6-5-2-1-3-7-4-5;2-1-3/h1-3,6-7,10-11,13,15H,4-5,8-9H2;1-4H;1H,(H2,2,3). The van der Waals surface area contributed by atoms with Crippen LogP contribution in [0.3, 0.4) is 0 Å². The topological polar surface area (TPSA) is 91.0 Å². The minimum Gasteiger partial charge on any atom is -0.460 e. The van der Waals surface area contributed by atoms with E-state index >= 15 is 0 Å². The molecule has 3 aromatic rings. The summed E-state index contributed by atoms with van der Waals surface area (Å²) in [5.41, 5.74) is 5.39. The summed E-state index contributed by atoms with van der Waals surface area (Å²) in [6, 6.07) is 12.0. The van der Waals surface area contributed by atoms with E-state index in [1.165, 1.54) is 36.2 Å². The average Bonchev–Trinajstić information content (AvgIpc) is 2.77. The van der Waals surface area contributed by atoms with Crippen molar-refractivity contribution in [1.82, 2.24) is 15.0 Å².